The van der Waals surface area contributed by atoms with Gasteiger partial charge in [0.1, 0.15) is 6.10 Å². The van der Waals surface area contributed by atoms with Crippen LogP contribution >= 0.6 is 0 Å². The zero-order valence-electron chi connectivity index (χ0n) is 9.36. The second-order valence-electron chi connectivity index (χ2n) is 4.22. The van der Waals surface area contributed by atoms with Gasteiger partial charge < -0.3 is 10.2 Å². The minimum atomic E-state index is -1.19. The van der Waals surface area contributed by atoms with Gasteiger partial charge in [-0.05, 0) is 12.3 Å². The molecule has 0 aliphatic rings. The van der Waals surface area contributed by atoms with Crippen molar-refractivity contribution >= 4 is 5.78 Å². The van der Waals surface area contributed by atoms with Crippen LogP contribution in [0.2, 0.25) is 0 Å². The van der Waals surface area contributed by atoms with Crippen LogP contribution in [0.3, 0.4) is 0 Å². The van der Waals surface area contributed by atoms with E-state index in [-0.39, 0.29) is 11.7 Å². The third kappa shape index (κ3) is 5.35. The first kappa shape index (κ1) is 13.6. The average Bonchev–Trinajstić information content (AvgIpc) is 2.11. The maximum Gasteiger partial charge on any atom is 0.164 e. The van der Waals surface area contributed by atoms with Gasteiger partial charge in [0.2, 0.25) is 0 Å². The highest BCUT2D eigenvalue weighted by atomic mass is 16.3. The van der Waals surface area contributed by atoms with Crippen LogP contribution in [0.1, 0.15) is 46.5 Å². The van der Waals surface area contributed by atoms with Crippen molar-refractivity contribution in [1.29, 1.82) is 0 Å². The molecule has 0 amide bonds. The number of ketones is 1. The average molecular weight is 202 g/mol. The highest BCUT2D eigenvalue weighted by Crippen LogP contribution is 2.10. The van der Waals surface area contributed by atoms with Gasteiger partial charge in [0.05, 0.1) is 6.10 Å². The second-order valence-corrected chi connectivity index (χ2v) is 4.22. The second kappa shape index (κ2) is 6.96. The Kier molecular flexibility index (Phi) is 6.75. The molecule has 0 rings (SSSR count). The molecule has 3 nitrogen and oxygen atoms in total. The lowest BCUT2D eigenvalue weighted by atomic mass is 9.98. The van der Waals surface area contributed by atoms with Crippen LogP contribution in [0, 0.1) is 5.92 Å². The number of carbonyl (C=O) groups excluding carboxylic acids is 1. The minimum absolute atomic E-state index is 0.232. The highest BCUT2D eigenvalue weighted by Gasteiger charge is 2.23. The number of carbonyl (C=O) groups is 1. The van der Waals surface area contributed by atoms with Crippen molar-refractivity contribution < 1.29 is 15.0 Å². The molecule has 2 atom stereocenters. The van der Waals surface area contributed by atoms with Crippen LogP contribution < -0.4 is 0 Å². The summed E-state index contributed by atoms with van der Waals surface area (Å²) >= 11 is 0. The molecule has 0 saturated carbocycles. The van der Waals surface area contributed by atoms with Gasteiger partial charge in [0.15, 0.2) is 5.78 Å². The maximum absolute atomic E-state index is 11.3. The fourth-order valence-corrected chi connectivity index (χ4v) is 1.31. The highest BCUT2D eigenvalue weighted by molar-refractivity contribution is 5.83. The van der Waals surface area contributed by atoms with Crippen LogP contribution in [-0.4, -0.2) is 28.2 Å². The lowest BCUT2D eigenvalue weighted by Crippen LogP contribution is -2.34. The van der Waals surface area contributed by atoms with E-state index in [4.69, 9.17) is 0 Å². The Morgan fingerprint density at radius 3 is 2.29 bits per heavy atom. The van der Waals surface area contributed by atoms with Crippen molar-refractivity contribution in [1.82, 2.24) is 0 Å². The van der Waals surface area contributed by atoms with Gasteiger partial charge in [0, 0.05) is 6.42 Å². The zero-order chi connectivity index (χ0) is 11.1. The van der Waals surface area contributed by atoms with Crippen molar-refractivity contribution in [2.24, 2.45) is 5.92 Å². The van der Waals surface area contributed by atoms with Gasteiger partial charge in [0.25, 0.3) is 0 Å². The Morgan fingerprint density at radius 1 is 1.29 bits per heavy atom. The molecule has 0 spiro atoms. The molecule has 0 heterocycles. The smallest absolute Gasteiger partial charge is 0.164 e. The summed E-state index contributed by atoms with van der Waals surface area (Å²) in [6, 6.07) is 0. The summed E-state index contributed by atoms with van der Waals surface area (Å²) in [5.74, 6) is -0.0147. The zero-order valence-corrected chi connectivity index (χ0v) is 9.36. The minimum Gasteiger partial charge on any atom is -0.390 e. The summed E-state index contributed by atoms with van der Waals surface area (Å²) in [4.78, 5) is 11.3. The number of hydrogen-bond acceptors (Lipinski definition) is 3. The largest absolute Gasteiger partial charge is 0.390 e. The van der Waals surface area contributed by atoms with E-state index in [1.54, 1.807) is 0 Å². The summed E-state index contributed by atoms with van der Waals surface area (Å²) in [7, 11) is 0. The SMILES string of the molecule is CCCC[C@@H](O)[C@H](O)C(=O)CC(C)C. The van der Waals surface area contributed by atoms with Crippen molar-refractivity contribution in [3.05, 3.63) is 0 Å². The van der Waals surface area contributed by atoms with E-state index in [1.165, 1.54) is 0 Å². The summed E-state index contributed by atoms with van der Waals surface area (Å²) < 4.78 is 0. The fraction of sp³-hybridized carbons (Fsp3) is 0.909. The van der Waals surface area contributed by atoms with Crippen LogP contribution in [0.15, 0.2) is 0 Å². The number of rotatable bonds is 7. The molecule has 0 aliphatic heterocycles. The Morgan fingerprint density at radius 2 is 1.86 bits per heavy atom. The first-order valence-corrected chi connectivity index (χ1v) is 5.37. The van der Waals surface area contributed by atoms with Gasteiger partial charge in [-0.3, -0.25) is 4.79 Å². The van der Waals surface area contributed by atoms with E-state index in [2.05, 4.69) is 0 Å². The topological polar surface area (TPSA) is 57.5 Å². The molecule has 0 aliphatic carbocycles. The van der Waals surface area contributed by atoms with Crippen LogP contribution in [0.4, 0.5) is 0 Å². The summed E-state index contributed by atoms with van der Waals surface area (Å²) in [6.45, 7) is 5.85. The molecule has 0 unspecified atom stereocenters. The lowest BCUT2D eigenvalue weighted by Gasteiger charge is -2.17. The monoisotopic (exact) mass is 202 g/mol. The lowest BCUT2D eigenvalue weighted by molar-refractivity contribution is -0.133. The molecule has 2 N–H and O–H groups in total. The van der Waals surface area contributed by atoms with Crippen molar-refractivity contribution in [3.8, 4) is 0 Å². The predicted molar refractivity (Wildman–Crippen MR) is 56.0 cm³/mol. The third-order valence-corrected chi connectivity index (χ3v) is 2.16. The number of Topliss-reactive ketones (excluding diaryl/α,β-unsaturated/α-hetero) is 1. The quantitative estimate of drug-likeness (QED) is 0.658. The van der Waals surface area contributed by atoms with E-state index in [9.17, 15) is 15.0 Å². The summed E-state index contributed by atoms with van der Waals surface area (Å²) in [5.41, 5.74) is 0. The molecule has 0 aromatic rings. The van der Waals surface area contributed by atoms with Gasteiger partial charge in [-0.25, -0.2) is 0 Å². The van der Waals surface area contributed by atoms with E-state index < -0.39 is 12.2 Å². The molecule has 84 valence electrons. The van der Waals surface area contributed by atoms with E-state index in [0.29, 0.717) is 12.8 Å². The predicted octanol–water partition coefficient (Wildman–Crippen LogP) is 1.51. The molecule has 0 bridgehead atoms. The number of aliphatic hydroxyl groups is 2. The molecule has 3 heteroatoms. The Bertz CT molecular complexity index is 166. The first-order valence-electron chi connectivity index (χ1n) is 5.37. The first-order chi connectivity index (χ1) is 6.49. The van der Waals surface area contributed by atoms with Gasteiger partial charge in [-0.2, -0.15) is 0 Å². The van der Waals surface area contributed by atoms with Crippen LogP contribution in [0.25, 0.3) is 0 Å². The molecule has 0 saturated heterocycles. The van der Waals surface area contributed by atoms with Crippen molar-refractivity contribution in [3.63, 3.8) is 0 Å². The molecule has 0 radical (unpaired) electrons. The normalized spacial score (nSPS) is 15.6. The standard InChI is InChI=1S/C11H22O3/c1-4-5-6-9(12)11(14)10(13)7-8(2)3/h8-9,11-12,14H,4-7H2,1-3H3/t9-,11+/m1/s1. The van der Waals surface area contributed by atoms with Crippen molar-refractivity contribution in [2.75, 3.05) is 0 Å². The molecule has 14 heavy (non-hydrogen) atoms. The third-order valence-electron chi connectivity index (χ3n) is 2.16. The van der Waals surface area contributed by atoms with Crippen molar-refractivity contribution in [2.45, 2.75) is 58.7 Å². The molecular weight excluding hydrogens is 180 g/mol. The van der Waals surface area contributed by atoms with E-state index >= 15 is 0 Å². The molecule has 0 fully saturated rings. The Hall–Kier alpha value is -0.410. The van der Waals surface area contributed by atoms with Gasteiger partial charge >= 0.3 is 0 Å². The fourth-order valence-electron chi connectivity index (χ4n) is 1.31. The van der Waals surface area contributed by atoms with E-state index in [1.807, 2.05) is 20.8 Å². The van der Waals surface area contributed by atoms with Crippen LogP contribution in [-0.2, 0) is 4.79 Å². The Labute approximate surface area is 86.1 Å². The number of aliphatic hydroxyl groups excluding tert-OH is 2. The van der Waals surface area contributed by atoms with Gasteiger partial charge in [-0.1, -0.05) is 33.6 Å². The number of unbranched alkanes of at least 4 members (excludes halogenated alkanes) is 1. The van der Waals surface area contributed by atoms with E-state index in [0.717, 1.165) is 12.8 Å². The summed E-state index contributed by atoms with van der Waals surface area (Å²) in [5, 5.41) is 18.9. The molecular formula is C11H22O3. The van der Waals surface area contributed by atoms with Gasteiger partial charge in [-0.15, -0.1) is 0 Å². The summed E-state index contributed by atoms with van der Waals surface area (Å²) in [6.07, 6.45) is 0.562. The van der Waals surface area contributed by atoms with Crippen LogP contribution in [0.5, 0.6) is 0 Å². The number of hydrogen-bond donors (Lipinski definition) is 2. The Balaban J connectivity index is 3.90. The molecule has 0 aromatic carbocycles. The molecule has 0 aromatic heterocycles. The maximum atomic E-state index is 11.3.